The normalized spacial score (nSPS) is 10.0. The summed E-state index contributed by atoms with van der Waals surface area (Å²) in [5.74, 6) is -0.546. The van der Waals surface area contributed by atoms with E-state index in [1.807, 2.05) is 22.6 Å². The highest BCUT2D eigenvalue weighted by Gasteiger charge is 2.17. The minimum Gasteiger partial charge on any atom is -0.465 e. The number of hydrogen-bond donors (Lipinski definition) is 0. The lowest BCUT2D eigenvalue weighted by Gasteiger charge is -2.08. The molecule has 1 aromatic rings. The quantitative estimate of drug-likeness (QED) is 0.445. The van der Waals surface area contributed by atoms with Gasteiger partial charge in [-0.2, -0.15) is 0 Å². The molecule has 0 spiro atoms. The molecule has 14 heavy (non-hydrogen) atoms. The van der Waals surface area contributed by atoms with Crippen molar-refractivity contribution in [2.75, 3.05) is 7.11 Å². The van der Waals surface area contributed by atoms with E-state index in [1.54, 1.807) is 0 Å². The fourth-order valence-corrected chi connectivity index (χ4v) is 2.09. The number of methoxy groups -OCH3 is 1. The number of carbonyl (C=O) groups is 1. The van der Waals surface area contributed by atoms with Crippen molar-refractivity contribution < 1.29 is 9.53 Å². The standard InChI is InChI=1S/C8H7ClINO3/c1-11-5(12)3-4(10)6(7(11)9)8(13)14-2/h3H,1-2H3. The van der Waals surface area contributed by atoms with Crippen LogP contribution < -0.4 is 5.56 Å². The zero-order chi connectivity index (χ0) is 10.9. The van der Waals surface area contributed by atoms with Crippen molar-refractivity contribution in [3.8, 4) is 0 Å². The highest BCUT2D eigenvalue weighted by molar-refractivity contribution is 14.1. The van der Waals surface area contributed by atoms with Gasteiger partial charge in [0.2, 0.25) is 0 Å². The minimum absolute atomic E-state index is 0.0914. The Morgan fingerprint density at radius 3 is 2.71 bits per heavy atom. The van der Waals surface area contributed by atoms with Gasteiger partial charge < -0.3 is 9.30 Å². The molecule has 4 nitrogen and oxygen atoms in total. The molecular weight excluding hydrogens is 320 g/mol. The number of nitrogens with zero attached hydrogens (tertiary/aromatic N) is 1. The van der Waals surface area contributed by atoms with Gasteiger partial charge in [0.15, 0.2) is 0 Å². The second kappa shape index (κ2) is 4.31. The zero-order valence-corrected chi connectivity index (χ0v) is 10.4. The Kier molecular flexibility index (Phi) is 3.54. The van der Waals surface area contributed by atoms with Crippen LogP contribution in [-0.2, 0) is 11.8 Å². The fourth-order valence-electron chi connectivity index (χ4n) is 0.924. The third kappa shape index (κ3) is 1.93. The molecule has 0 aliphatic heterocycles. The highest BCUT2D eigenvalue weighted by Crippen LogP contribution is 2.19. The SMILES string of the molecule is COC(=O)c1c(I)cc(=O)n(C)c1Cl. The molecule has 1 rings (SSSR count). The molecular formula is C8H7ClINO3. The summed E-state index contributed by atoms with van der Waals surface area (Å²) in [7, 11) is 2.76. The van der Waals surface area contributed by atoms with Gasteiger partial charge in [-0.1, -0.05) is 11.6 Å². The van der Waals surface area contributed by atoms with Crippen molar-refractivity contribution in [2.24, 2.45) is 7.05 Å². The van der Waals surface area contributed by atoms with E-state index < -0.39 is 5.97 Å². The maximum atomic E-state index is 11.3. The van der Waals surface area contributed by atoms with E-state index in [0.29, 0.717) is 3.57 Å². The maximum absolute atomic E-state index is 11.3. The highest BCUT2D eigenvalue weighted by atomic mass is 127. The van der Waals surface area contributed by atoms with Crippen molar-refractivity contribution in [2.45, 2.75) is 0 Å². The lowest BCUT2D eigenvalue weighted by molar-refractivity contribution is 0.0598. The molecule has 0 N–H and O–H groups in total. The van der Waals surface area contributed by atoms with E-state index in [0.717, 1.165) is 0 Å². The van der Waals surface area contributed by atoms with Gasteiger partial charge in [0.25, 0.3) is 5.56 Å². The first kappa shape index (κ1) is 11.5. The Labute approximate surface area is 99.0 Å². The number of rotatable bonds is 1. The first-order chi connectivity index (χ1) is 6.49. The van der Waals surface area contributed by atoms with Crippen molar-refractivity contribution in [3.63, 3.8) is 0 Å². The summed E-state index contributed by atoms with van der Waals surface area (Å²) < 4.78 is 6.23. The summed E-state index contributed by atoms with van der Waals surface area (Å²) in [6.07, 6.45) is 0. The van der Waals surface area contributed by atoms with E-state index in [9.17, 15) is 9.59 Å². The predicted octanol–water partition coefficient (Wildman–Crippen LogP) is 1.43. The molecule has 0 saturated carbocycles. The van der Waals surface area contributed by atoms with Crippen LogP contribution in [0.3, 0.4) is 0 Å². The van der Waals surface area contributed by atoms with Crippen LogP contribution in [0, 0.1) is 3.57 Å². The van der Waals surface area contributed by atoms with E-state index in [4.69, 9.17) is 11.6 Å². The van der Waals surface area contributed by atoms with E-state index in [2.05, 4.69) is 4.74 Å². The molecule has 0 atom stereocenters. The molecule has 0 aromatic carbocycles. The van der Waals surface area contributed by atoms with Gasteiger partial charge in [0.05, 0.1) is 7.11 Å². The fraction of sp³-hybridized carbons (Fsp3) is 0.250. The molecule has 1 aromatic heterocycles. The van der Waals surface area contributed by atoms with Crippen LogP contribution in [0.4, 0.5) is 0 Å². The Balaban J connectivity index is 3.52. The van der Waals surface area contributed by atoms with Crippen LogP contribution in [0.5, 0.6) is 0 Å². The van der Waals surface area contributed by atoms with Gasteiger partial charge in [0, 0.05) is 16.7 Å². The lowest BCUT2D eigenvalue weighted by atomic mass is 10.3. The predicted molar refractivity (Wildman–Crippen MR) is 60.7 cm³/mol. The molecule has 6 heteroatoms. The summed E-state index contributed by atoms with van der Waals surface area (Å²) >= 11 is 7.70. The van der Waals surface area contributed by atoms with Crippen LogP contribution in [0.25, 0.3) is 0 Å². The summed E-state index contributed by atoms with van der Waals surface area (Å²) in [5.41, 5.74) is -0.0380. The molecule has 0 unspecified atom stereocenters. The van der Waals surface area contributed by atoms with Crippen molar-refractivity contribution >= 4 is 40.2 Å². The smallest absolute Gasteiger partial charge is 0.342 e. The lowest BCUT2D eigenvalue weighted by Crippen LogP contribution is -2.21. The number of hydrogen-bond acceptors (Lipinski definition) is 3. The average Bonchev–Trinajstić information content (AvgIpc) is 2.14. The molecule has 0 saturated heterocycles. The van der Waals surface area contributed by atoms with Gasteiger partial charge >= 0.3 is 5.97 Å². The number of aromatic nitrogens is 1. The second-order valence-electron chi connectivity index (χ2n) is 2.55. The van der Waals surface area contributed by atoms with Crippen LogP contribution in [0.1, 0.15) is 10.4 Å². The van der Waals surface area contributed by atoms with E-state index >= 15 is 0 Å². The molecule has 0 bridgehead atoms. The molecule has 0 aliphatic carbocycles. The monoisotopic (exact) mass is 327 g/mol. The van der Waals surface area contributed by atoms with Crippen molar-refractivity contribution in [1.82, 2.24) is 4.57 Å². The number of esters is 1. The van der Waals surface area contributed by atoms with Gasteiger partial charge in [0.1, 0.15) is 10.7 Å². The number of halogens is 2. The summed E-state index contributed by atoms with van der Waals surface area (Å²) in [4.78, 5) is 22.5. The maximum Gasteiger partial charge on any atom is 0.342 e. The van der Waals surface area contributed by atoms with Crippen LogP contribution in [-0.4, -0.2) is 17.6 Å². The third-order valence-electron chi connectivity index (χ3n) is 1.71. The Morgan fingerprint density at radius 2 is 2.21 bits per heavy atom. The van der Waals surface area contributed by atoms with Crippen LogP contribution in [0.15, 0.2) is 10.9 Å². The van der Waals surface area contributed by atoms with Crippen molar-refractivity contribution in [1.29, 1.82) is 0 Å². The van der Waals surface area contributed by atoms with E-state index in [1.165, 1.54) is 24.8 Å². The average molecular weight is 328 g/mol. The summed E-state index contributed by atoms with van der Waals surface area (Å²) in [6, 6.07) is 1.33. The zero-order valence-electron chi connectivity index (χ0n) is 7.51. The van der Waals surface area contributed by atoms with Gasteiger partial charge in [-0.05, 0) is 22.6 Å². The summed E-state index contributed by atoms with van der Waals surface area (Å²) in [6.45, 7) is 0. The van der Waals surface area contributed by atoms with Crippen LogP contribution >= 0.6 is 34.2 Å². The second-order valence-corrected chi connectivity index (χ2v) is 4.07. The molecule has 76 valence electrons. The minimum atomic E-state index is -0.546. The number of pyridine rings is 1. The first-order valence-corrected chi connectivity index (χ1v) is 5.08. The molecule has 0 aliphatic rings. The Morgan fingerprint density at radius 1 is 1.64 bits per heavy atom. The topological polar surface area (TPSA) is 48.3 Å². The Hall–Kier alpha value is -0.560. The summed E-state index contributed by atoms with van der Waals surface area (Å²) in [5, 5.41) is 0.0914. The van der Waals surface area contributed by atoms with Gasteiger partial charge in [-0.25, -0.2) is 4.79 Å². The number of ether oxygens (including phenoxy) is 1. The molecule has 1 heterocycles. The first-order valence-electron chi connectivity index (χ1n) is 3.62. The van der Waals surface area contributed by atoms with Crippen molar-refractivity contribution in [3.05, 3.63) is 30.7 Å². The molecule has 0 radical (unpaired) electrons. The Bertz CT molecular complexity index is 441. The van der Waals surface area contributed by atoms with Gasteiger partial charge in [-0.3, -0.25) is 4.79 Å². The molecule has 0 fully saturated rings. The van der Waals surface area contributed by atoms with Gasteiger partial charge in [-0.15, -0.1) is 0 Å². The number of carbonyl (C=O) groups excluding carboxylic acids is 1. The van der Waals surface area contributed by atoms with E-state index in [-0.39, 0.29) is 16.3 Å². The largest absolute Gasteiger partial charge is 0.465 e. The van der Waals surface area contributed by atoms with Crippen LogP contribution in [0.2, 0.25) is 5.15 Å². The third-order valence-corrected chi connectivity index (χ3v) is 3.00. The molecule has 0 amide bonds.